The Hall–Kier alpha value is -0.930. The predicted octanol–water partition coefficient (Wildman–Crippen LogP) is 2.84. The molecule has 1 aromatic rings. The molecule has 1 saturated carbocycles. The molecule has 0 aromatic heterocycles. The highest BCUT2D eigenvalue weighted by molar-refractivity contribution is 6.33. The number of nitrogens with two attached hydrogens (primary N) is 1. The monoisotopic (exact) mass is 267 g/mol. The standard InChI is InChI=1S/C14H22ClN3/c1-17(2)14(8-5-9-14)10-18(3)12-7-4-6-11(15)13(12)16/h4,6-7H,5,8-10,16H2,1-3H3. The molecule has 1 aliphatic carbocycles. The number of hydrogen-bond donors (Lipinski definition) is 1. The summed E-state index contributed by atoms with van der Waals surface area (Å²) in [5.74, 6) is 0. The zero-order valence-corrected chi connectivity index (χ0v) is 12.2. The molecular weight excluding hydrogens is 246 g/mol. The summed E-state index contributed by atoms with van der Waals surface area (Å²) in [6, 6.07) is 5.82. The zero-order chi connectivity index (χ0) is 13.3. The van der Waals surface area contributed by atoms with Crippen LogP contribution < -0.4 is 10.6 Å². The zero-order valence-electron chi connectivity index (χ0n) is 11.4. The van der Waals surface area contributed by atoms with Crippen molar-refractivity contribution in [2.24, 2.45) is 0 Å². The van der Waals surface area contributed by atoms with E-state index < -0.39 is 0 Å². The third-order valence-corrected chi connectivity index (χ3v) is 4.54. The van der Waals surface area contributed by atoms with Crippen molar-refractivity contribution in [2.45, 2.75) is 24.8 Å². The number of nitrogens with zero attached hydrogens (tertiary/aromatic N) is 2. The van der Waals surface area contributed by atoms with Crippen LogP contribution in [0, 0.1) is 0 Å². The van der Waals surface area contributed by atoms with Gasteiger partial charge in [0, 0.05) is 19.1 Å². The van der Waals surface area contributed by atoms with Gasteiger partial charge in [0.2, 0.25) is 0 Å². The van der Waals surface area contributed by atoms with Gasteiger partial charge >= 0.3 is 0 Å². The first-order valence-electron chi connectivity index (χ1n) is 6.39. The fraction of sp³-hybridized carbons (Fsp3) is 0.571. The van der Waals surface area contributed by atoms with Crippen LogP contribution in [0.25, 0.3) is 0 Å². The van der Waals surface area contributed by atoms with Crippen molar-refractivity contribution in [3.05, 3.63) is 23.2 Å². The van der Waals surface area contributed by atoms with Gasteiger partial charge in [0.1, 0.15) is 0 Å². The van der Waals surface area contributed by atoms with Gasteiger partial charge in [-0.15, -0.1) is 0 Å². The summed E-state index contributed by atoms with van der Waals surface area (Å²) < 4.78 is 0. The molecule has 4 heteroatoms. The van der Waals surface area contributed by atoms with Crippen molar-refractivity contribution >= 4 is 23.0 Å². The van der Waals surface area contributed by atoms with Crippen molar-refractivity contribution in [2.75, 3.05) is 38.3 Å². The lowest BCUT2D eigenvalue weighted by Gasteiger charge is -2.49. The van der Waals surface area contributed by atoms with Crippen LogP contribution in [0.2, 0.25) is 5.02 Å². The summed E-state index contributed by atoms with van der Waals surface area (Å²) in [6.45, 7) is 0.991. The van der Waals surface area contributed by atoms with E-state index in [1.54, 1.807) is 0 Å². The maximum Gasteiger partial charge on any atom is 0.0741 e. The Morgan fingerprint density at radius 1 is 1.28 bits per heavy atom. The Morgan fingerprint density at radius 3 is 2.44 bits per heavy atom. The van der Waals surface area contributed by atoms with E-state index in [1.807, 2.05) is 18.2 Å². The predicted molar refractivity (Wildman–Crippen MR) is 79.4 cm³/mol. The minimum Gasteiger partial charge on any atom is -0.396 e. The Kier molecular flexibility index (Phi) is 3.74. The van der Waals surface area contributed by atoms with E-state index in [-0.39, 0.29) is 0 Å². The van der Waals surface area contributed by atoms with Gasteiger partial charge in [-0.1, -0.05) is 17.7 Å². The summed E-state index contributed by atoms with van der Waals surface area (Å²) in [4.78, 5) is 4.56. The van der Waals surface area contributed by atoms with Crippen LogP contribution in [-0.2, 0) is 0 Å². The van der Waals surface area contributed by atoms with Crippen LogP contribution in [0.4, 0.5) is 11.4 Å². The minimum absolute atomic E-state index is 0.295. The number of hydrogen-bond acceptors (Lipinski definition) is 3. The normalized spacial score (nSPS) is 17.6. The molecule has 3 nitrogen and oxygen atoms in total. The van der Waals surface area contributed by atoms with Crippen LogP contribution in [0.5, 0.6) is 0 Å². The lowest BCUT2D eigenvalue weighted by Crippen LogP contribution is -2.56. The van der Waals surface area contributed by atoms with Crippen LogP contribution in [-0.4, -0.2) is 38.1 Å². The second kappa shape index (κ2) is 4.98. The van der Waals surface area contributed by atoms with Gasteiger partial charge in [-0.05, 0) is 45.5 Å². The Labute approximate surface area is 115 Å². The van der Waals surface area contributed by atoms with Crippen LogP contribution in [0.15, 0.2) is 18.2 Å². The average molecular weight is 268 g/mol. The highest BCUT2D eigenvalue weighted by Crippen LogP contribution is 2.38. The number of halogens is 1. The Bertz CT molecular complexity index is 427. The molecule has 18 heavy (non-hydrogen) atoms. The molecule has 0 saturated heterocycles. The molecule has 1 aliphatic rings. The lowest BCUT2D eigenvalue weighted by atomic mass is 9.75. The quantitative estimate of drug-likeness (QED) is 0.852. The van der Waals surface area contributed by atoms with Crippen molar-refractivity contribution in [1.29, 1.82) is 0 Å². The van der Waals surface area contributed by atoms with Gasteiger partial charge in [0.15, 0.2) is 0 Å². The number of benzene rings is 1. The molecule has 0 unspecified atom stereocenters. The molecule has 1 aromatic carbocycles. The van der Waals surface area contributed by atoms with E-state index in [2.05, 4.69) is 30.9 Å². The average Bonchev–Trinajstić information content (AvgIpc) is 2.26. The fourth-order valence-corrected chi connectivity index (χ4v) is 2.89. The molecule has 2 rings (SSSR count). The van der Waals surface area contributed by atoms with Crippen molar-refractivity contribution in [3.63, 3.8) is 0 Å². The molecule has 0 bridgehead atoms. The van der Waals surface area contributed by atoms with Gasteiger partial charge in [-0.2, -0.15) is 0 Å². The highest BCUT2D eigenvalue weighted by Gasteiger charge is 2.40. The molecule has 100 valence electrons. The first-order valence-corrected chi connectivity index (χ1v) is 6.77. The molecule has 0 amide bonds. The van der Waals surface area contributed by atoms with Crippen LogP contribution >= 0.6 is 11.6 Å². The number of rotatable bonds is 4. The van der Waals surface area contributed by atoms with E-state index in [0.29, 0.717) is 16.2 Å². The van der Waals surface area contributed by atoms with Crippen LogP contribution in [0.3, 0.4) is 0 Å². The molecule has 0 spiro atoms. The van der Waals surface area contributed by atoms with Crippen molar-refractivity contribution < 1.29 is 0 Å². The van der Waals surface area contributed by atoms with Crippen molar-refractivity contribution in [1.82, 2.24) is 4.90 Å². The number of nitrogen functional groups attached to an aromatic ring is 1. The maximum absolute atomic E-state index is 6.08. The van der Waals surface area contributed by atoms with Gasteiger partial charge in [0.25, 0.3) is 0 Å². The molecular formula is C14H22ClN3. The van der Waals surface area contributed by atoms with Gasteiger partial charge in [-0.3, -0.25) is 0 Å². The molecule has 0 aliphatic heterocycles. The lowest BCUT2D eigenvalue weighted by molar-refractivity contribution is 0.0683. The largest absolute Gasteiger partial charge is 0.396 e. The fourth-order valence-electron chi connectivity index (χ4n) is 2.72. The second-order valence-electron chi connectivity index (χ2n) is 5.50. The van der Waals surface area contributed by atoms with Crippen LogP contribution in [0.1, 0.15) is 19.3 Å². The summed E-state index contributed by atoms with van der Waals surface area (Å²) in [5.41, 5.74) is 8.05. The SMILES string of the molecule is CN(CC1(N(C)C)CCC1)c1cccc(Cl)c1N. The van der Waals surface area contributed by atoms with Gasteiger partial charge < -0.3 is 15.5 Å². The topological polar surface area (TPSA) is 32.5 Å². The van der Waals surface area contributed by atoms with E-state index in [4.69, 9.17) is 17.3 Å². The highest BCUT2D eigenvalue weighted by atomic mass is 35.5. The maximum atomic E-state index is 6.08. The van der Waals surface area contributed by atoms with E-state index in [0.717, 1.165) is 12.2 Å². The number of anilines is 2. The van der Waals surface area contributed by atoms with Crippen molar-refractivity contribution in [3.8, 4) is 0 Å². The van der Waals surface area contributed by atoms with E-state index >= 15 is 0 Å². The van der Waals surface area contributed by atoms with E-state index in [9.17, 15) is 0 Å². The smallest absolute Gasteiger partial charge is 0.0741 e. The summed E-state index contributed by atoms with van der Waals surface area (Å²) in [5, 5.41) is 0.631. The summed E-state index contributed by atoms with van der Waals surface area (Å²) in [7, 11) is 6.41. The molecule has 0 atom stereocenters. The number of likely N-dealkylation sites (N-methyl/N-ethyl adjacent to an activating group) is 2. The first-order chi connectivity index (χ1) is 8.46. The first kappa shape index (κ1) is 13.5. The molecule has 0 heterocycles. The number of para-hydroxylation sites is 1. The Morgan fingerprint density at radius 2 is 1.94 bits per heavy atom. The summed E-state index contributed by atoms with van der Waals surface area (Å²) >= 11 is 6.08. The van der Waals surface area contributed by atoms with E-state index in [1.165, 1.54) is 19.3 Å². The molecule has 2 N–H and O–H groups in total. The third kappa shape index (κ3) is 2.29. The minimum atomic E-state index is 0.295. The molecule has 1 fully saturated rings. The second-order valence-corrected chi connectivity index (χ2v) is 5.91. The van der Waals surface area contributed by atoms with Gasteiger partial charge in [0.05, 0.1) is 16.4 Å². The summed E-state index contributed by atoms with van der Waals surface area (Å²) in [6.07, 6.45) is 3.83. The molecule has 0 radical (unpaired) electrons. The third-order valence-electron chi connectivity index (χ3n) is 4.21. The van der Waals surface area contributed by atoms with Gasteiger partial charge in [-0.25, -0.2) is 0 Å². The Balaban J connectivity index is 2.17.